The lowest BCUT2D eigenvalue weighted by atomic mass is 10.1. The Morgan fingerprint density at radius 1 is 1.06 bits per heavy atom. The third-order valence-corrected chi connectivity index (χ3v) is 6.76. The highest BCUT2D eigenvalue weighted by Crippen LogP contribution is 2.25. The molecule has 2 amide bonds. The molecule has 2 saturated heterocycles. The lowest BCUT2D eigenvalue weighted by Gasteiger charge is -2.37. The Labute approximate surface area is 197 Å². The summed E-state index contributed by atoms with van der Waals surface area (Å²) >= 11 is 0. The Morgan fingerprint density at radius 3 is 2.45 bits per heavy atom. The lowest BCUT2D eigenvalue weighted by molar-refractivity contribution is 0.0215. The number of hydrogen-bond acceptors (Lipinski definition) is 4. The molecule has 0 unspecified atom stereocenters. The Balaban J connectivity index is 1.44. The minimum absolute atomic E-state index is 0.111. The van der Waals surface area contributed by atoms with Gasteiger partial charge in [-0.2, -0.15) is 0 Å². The zero-order valence-corrected chi connectivity index (χ0v) is 20.7. The molecular weight excluding hydrogens is 416 g/mol. The average Bonchev–Trinajstić information content (AvgIpc) is 3.39. The fourth-order valence-corrected chi connectivity index (χ4v) is 4.93. The summed E-state index contributed by atoms with van der Waals surface area (Å²) in [5.41, 5.74) is 1.34. The van der Waals surface area contributed by atoms with E-state index in [4.69, 9.17) is 4.74 Å². The molecule has 33 heavy (non-hydrogen) atoms. The van der Waals surface area contributed by atoms with Crippen LogP contribution in [-0.4, -0.2) is 81.7 Å². The molecule has 4 rings (SSSR count). The molecule has 1 atom stereocenters. The molecular formula is C26H38N4O3. The first kappa shape index (κ1) is 23.6. The van der Waals surface area contributed by atoms with Gasteiger partial charge in [0.15, 0.2) is 0 Å². The van der Waals surface area contributed by atoms with Crippen LogP contribution in [0.25, 0.3) is 10.9 Å². The highest BCUT2D eigenvalue weighted by atomic mass is 16.6. The van der Waals surface area contributed by atoms with E-state index in [2.05, 4.69) is 35.6 Å². The summed E-state index contributed by atoms with van der Waals surface area (Å²) in [5, 5.41) is 1.06. The minimum Gasteiger partial charge on any atom is -0.444 e. The minimum atomic E-state index is -0.491. The first-order valence-electron chi connectivity index (χ1n) is 12.2. The zero-order valence-electron chi connectivity index (χ0n) is 20.7. The Bertz CT molecular complexity index is 999. The van der Waals surface area contributed by atoms with Gasteiger partial charge in [0, 0.05) is 68.0 Å². The van der Waals surface area contributed by atoms with Crippen LogP contribution in [0.4, 0.5) is 4.79 Å². The van der Waals surface area contributed by atoms with Gasteiger partial charge < -0.3 is 19.1 Å². The van der Waals surface area contributed by atoms with Crippen LogP contribution in [0.1, 0.15) is 57.8 Å². The zero-order chi connectivity index (χ0) is 23.8. The van der Waals surface area contributed by atoms with Crippen LogP contribution in [0.2, 0.25) is 0 Å². The number of nitrogens with zero attached hydrogens (tertiary/aromatic N) is 4. The van der Waals surface area contributed by atoms with Gasteiger partial charge in [-0.25, -0.2) is 4.79 Å². The van der Waals surface area contributed by atoms with E-state index in [0.717, 1.165) is 68.6 Å². The second-order valence-corrected chi connectivity index (χ2v) is 10.6. The second kappa shape index (κ2) is 9.37. The average molecular weight is 455 g/mol. The van der Waals surface area contributed by atoms with Crippen LogP contribution in [0.3, 0.4) is 0 Å². The smallest absolute Gasteiger partial charge is 0.410 e. The number of piperazine rings is 1. The van der Waals surface area contributed by atoms with Crippen molar-refractivity contribution >= 4 is 22.9 Å². The Hall–Kier alpha value is -2.54. The predicted molar refractivity (Wildman–Crippen MR) is 131 cm³/mol. The number of ether oxygens (including phenoxy) is 1. The van der Waals surface area contributed by atoms with Crippen molar-refractivity contribution in [1.29, 1.82) is 0 Å². The van der Waals surface area contributed by atoms with Crippen molar-refractivity contribution in [3.05, 3.63) is 36.0 Å². The van der Waals surface area contributed by atoms with Crippen LogP contribution < -0.4 is 0 Å². The van der Waals surface area contributed by atoms with Crippen LogP contribution in [0.5, 0.6) is 0 Å². The van der Waals surface area contributed by atoms with Gasteiger partial charge in [0.25, 0.3) is 5.91 Å². The predicted octanol–water partition coefficient (Wildman–Crippen LogP) is 4.21. The van der Waals surface area contributed by atoms with E-state index in [1.165, 1.54) is 0 Å². The van der Waals surface area contributed by atoms with Crippen molar-refractivity contribution in [1.82, 2.24) is 19.3 Å². The number of carbonyl (C=O) groups is 2. The van der Waals surface area contributed by atoms with Crippen molar-refractivity contribution in [3.63, 3.8) is 0 Å². The molecule has 1 aromatic carbocycles. The van der Waals surface area contributed by atoms with Gasteiger partial charge in [-0.05, 0) is 71.7 Å². The van der Waals surface area contributed by atoms with Gasteiger partial charge in [0.05, 0.1) is 6.04 Å². The van der Waals surface area contributed by atoms with Gasteiger partial charge >= 0.3 is 6.09 Å². The van der Waals surface area contributed by atoms with Gasteiger partial charge in [0.1, 0.15) is 5.60 Å². The number of aromatic nitrogens is 1. The number of likely N-dealkylation sites (tertiary alicyclic amines) is 1. The van der Waals surface area contributed by atoms with Gasteiger partial charge in [0.2, 0.25) is 0 Å². The van der Waals surface area contributed by atoms with Crippen molar-refractivity contribution in [2.45, 2.75) is 71.7 Å². The van der Waals surface area contributed by atoms with Crippen molar-refractivity contribution in [3.8, 4) is 0 Å². The van der Waals surface area contributed by atoms with Crippen LogP contribution >= 0.6 is 0 Å². The van der Waals surface area contributed by atoms with Crippen molar-refractivity contribution < 1.29 is 14.3 Å². The Morgan fingerprint density at radius 2 is 1.79 bits per heavy atom. The maximum absolute atomic E-state index is 13.1. The monoisotopic (exact) mass is 454 g/mol. The van der Waals surface area contributed by atoms with E-state index in [1.54, 1.807) is 0 Å². The molecule has 2 aliphatic heterocycles. The topological polar surface area (TPSA) is 58.0 Å². The molecule has 0 bridgehead atoms. The van der Waals surface area contributed by atoms with E-state index < -0.39 is 5.60 Å². The maximum atomic E-state index is 13.1. The highest BCUT2D eigenvalue weighted by Gasteiger charge is 2.32. The second-order valence-electron chi connectivity index (χ2n) is 10.6. The number of carbonyl (C=O) groups excluding carboxylic acids is 2. The molecule has 0 N–H and O–H groups in total. The summed E-state index contributed by atoms with van der Waals surface area (Å²) < 4.78 is 7.80. The molecule has 0 aliphatic carbocycles. The molecule has 1 aromatic heterocycles. The summed E-state index contributed by atoms with van der Waals surface area (Å²) in [6, 6.07) is 8.69. The van der Waals surface area contributed by atoms with E-state index in [0.29, 0.717) is 6.04 Å². The van der Waals surface area contributed by atoms with E-state index in [-0.39, 0.29) is 18.0 Å². The maximum Gasteiger partial charge on any atom is 0.410 e. The summed E-state index contributed by atoms with van der Waals surface area (Å²) in [6.45, 7) is 15.0. The molecule has 7 heteroatoms. The van der Waals surface area contributed by atoms with E-state index >= 15 is 0 Å². The van der Waals surface area contributed by atoms with Gasteiger partial charge in [-0.15, -0.1) is 0 Å². The number of benzene rings is 1. The molecule has 2 aromatic rings. The quantitative estimate of drug-likeness (QED) is 0.695. The summed E-state index contributed by atoms with van der Waals surface area (Å²) in [5.74, 6) is 0.111. The summed E-state index contributed by atoms with van der Waals surface area (Å²) in [4.78, 5) is 32.0. The molecule has 2 fully saturated rings. The largest absolute Gasteiger partial charge is 0.444 e. The van der Waals surface area contributed by atoms with E-state index in [1.807, 2.05) is 48.8 Å². The fourth-order valence-electron chi connectivity index (χ4n) is 4.93. The van der Waals surface area contributed by atoms with Crippen LogP contribution in [-0.2, 0) is 11.3 Å². The van der Waals surface area contributed by atoms with Crippen molar-refractivity contribution in [2.75, 3.05) is 32.7 Å². The molecule has 7 nitrogen and oxygen atoms in total. The molecule has 2 aliphatic rings. The molecule has 3 heterocycles. The van der Waals surface area contributed by atoms with Crippen LogP contribution in [0.15, 0.2) is 30.5 Å². The number of hydrogen-bond donors (Lipinski definition) is 0. The fraction of sp³-hybridized carbons (Fsp3) is 0.615. The molecule has 0 radical (unpaired) electrons. The molecule has 0 spiro atoms. The SMILES string of the molecule is CC(C)N1CCN(C(=O)c2ccc3c(ccn3C[C@H]3CCCN3C(=O)OC(C)(C)C)c2)CC1. The van der Waals surface area contributed by atoms with Crippen molar-refractivity contribution in [2.24, 2.45) is 0 Å². The van der Waals surface area contributed by atoms with E-state index in [9.17, 15) is 9.59 Å². The Kier molecular flexibility index (Phi) is 6.71. The third-order valence-electron chi connectivity index (χ3n) is 6.76. The summed E-state index contributed by atoms with van der Waals surface area (Å²) in [6.07, 6.45) is 3.79. The van der Waals surface area contributed by atoms with Gasteiger partial charge in [-0.3, -0.25) is 9.69 Å². The first-order chi connectivity index (χ1) is 15.6. The highest BCUT2D eigenvalue weighted by molar-refractivity contribution is 5.98. The molecule has 180 valence electrons. The molecule has 0 saturated carbocycles. The summed E-state index contributed by atoms with van der Waals surface area (Å²) in [7, 11) is 0. The normalized spacial score (nSPS) is 20.1. The van der Waals surface area contributed by atoms with Gasteiger partial charge in [-0.1, -0.05) is 0 Å². The number of rotatable bonds is 4. The number of amides is 2. The lowest BCUT2D eigenvalue weighted by Crippen LogP contribution is -2.50. The first-order valence-corrected chi connectivity index (χ1v) is 12.2. The van der Waals surface area contributed by atoms with Crippen LogP contribution in [0, 0.1) is 0 Å². The number of fused-ring (bicyclic) bond motifs is 1. The standard InChI is InChI=1S/C26H38N4O3/c1-19(2)27-13-15-28(16-14-27)24(31)21-8-9-23-20(17-21)10-12-29(23)18-22-7-6-11-30(22)25(32)33-26(3,4)5/h8-10,12,17,19,22H,6-7,11,13-16,18H2,1-5H3/t22-/m1/s1. The third kappa shape index (κ3) is 5.35.